The number of methoxy groups -OCH3 is 1. The van der Waals surface area contributed by atoms with Crippen molar-refractivity contribution in [2.45, 2.75) is 36.9 Å². The zero-order chi connectivity index (χ0) is 22.1. The van der Waals surface area contributed by atoms with Gasteiger partial charge in [-0.25, -0.2) is 19.2 Å². The third-order valence-electron chi connectivity index (χ3n) is 5.36. The number of carbonyl (C=O) groups excluding carboxylic acids is 1. The lowest BCUT2D eigenvalue weighted by molar-refractivity contribution is 0.0438. The quantitative estimate of drug-likeness (QED) is 0.374. The molecule has 0 bridgehead atoms. The van der Waals surface area contributed by atoms with E-state index < -0.39 is 18.2 Å². The Balaban J connectivity index is 1.62. The summed E-state index contributed by atoms with van der Waals surface area (Å²) in [5.41, 5.74) is 1.40. The second-order valence-electron chi connectivity index (χ2n) is 7.50. The normalized spacial score (nSPS) is 19.1. The molecule has 3 N–H and O–H groups in total. The summed E-state index contributed by atoms with van der Waals surface area (Å²) in [4.78, 5) is 22.5. The van der Waals surface area contributed by atoms with Crippen LogP contribution < -0.4 is 5.32 Å². The second kappa shape index (κ2) is 9.07. The smallest absolute Gasteiger partial charge is 0.348 e. The van der Waals surface area contributed by atoms with Gasteiger partial charge in [-0.1, -0.05) is 0 Å². The lowest BCUT2D eigenvalue weighted by atomic mass is 10.1. The van der Waals surface area contributed by atoms with Crippen molar-refractivity contribution in [3.8, 4) is 0 Å². The topological polar surface area (TPSA) is 105 Å². The van der Waals surface area contributed by atoms with Gasteiger partial charge in [0.25, 0.3) is 0 Å². The van der Waals surface area contributed by atoms with Gasteiger partial charge in [0.15, 0.2) is 0 Å². The third kappa shape index (κ3) is 4.52. The van der Waals surface area contributed by atoms with Crippen molar-refractivity contribution in [2.75, 3.05) is 18.2 Å². The number of thiophene rings is 1. The number of halogens is 1. The number of nitrogens with zero attached hydrogens (tertiary/aromatic N) is 2. The van der Waals surface area contributed by atoms with Gasteiger partial charge >= 0.3 is 5.97 Å². The van der Waals surface area contributed by atoms with Crippen LogP contribution in [0.2, 0.25) is 0 Å². The molecule has 3 aromatic rings. The molecule has 1 aliphatic rings. The van der Waals surface area contributed by atoms with E-state index in [1.54, 1.807) is 6.07 Å². The van der Waals surface area contributed by atoms with Gasteiger partial charge in [0.05, 0.1) is 30.4 Å². The van der Waals surface area contributed by atoms with E-state index in [1.165, 1.54) is 48.7 Å². The minimum absolute atomic E-state index is 0.151. The summed E-state index contributed by atoms with van der Waals surface area (Å²) < 4.78 is 18.8. The third-order valence-corrected chi connectivity index (χ3v) is 7.83. The van der Waals surface area contributed by atoms with Crippen LogP contribution in [0.25, 0.3) is 10.2 Å². The first-order valence-electron chi connectivity index (χ1n) is 9.75. The fourth-order valence-electron chi connectivity index (χ4n) is 3.74. The molecular formula is C21H22FN3O4S2. The largest absolute Gasteiger partial charge is 0.465 e. The minimum Gasteiger partial charge on any atom is -0.465 e. The number of aromatic nitrogens is 2. The van der Waals surface area contributed by atoms with Gasteiger partial charge in [0.1, 0.15) is 27.7 Å². The van der Waals surface area contributed by atoms with E-state index in [-0.39, 0.29) is 11.7 Å². The van der Waals surface area contributed by atoms with Crippen molar-refractivity contribution in [1.82, 2.24) is 9.97 Å². The highest BCUT2D eigenvalue weighted by Gasteiger charge is 2.31. The highest BCUT2D eigenvalue weighted by atomic mass is 32.2. The number of rotatable bonds is 6. The Morgan fingerprint density at radius 2 is 2.06 bits per heavy atom. The molecule has 2 aromatic heterocycles. The number of thioether (sulfide) groups is 1. The number of benzene rings is 1. The lowest BCUT2D eigenvalue weighted by Gasteiger charge is -2.14. The number of aliphatic hydroxyl groups excluding tert-OH is 2. The standard InChI is InChI=1S/C21H22FN3O4S2/c1-10-17-19(23-9-24-20(17)31-18(10)21(28)29-2)25-13-4-3-12(22)7-16(13)30-8-11-5-14(26)15(27)6-11/h3-4,7,9,11,14-15,26-27H,5-6,8H2,1-2H3,(H,23,24,25)/t14-,15-/m1/s1. The zero-order valence-corrected chi connectivity index (χ0v) is 18.6. The number of ether oxygens (including phenoxy) is 1. The summed E-state index contributed by atoms with van der Waals surface area (Å²) in [6.45, 7) is 1.82. The SMILES string of the molecule is COC(=O)c1sc2ncnc(Nc3ccc(F)cc3SCC3C[C@@H](O)[C@H](O)C3)c2c1C. The van der Waals surface area contributed by atoms with E-state index in [2.05, 4.69) is 15.3 Å². The molecule has 1 fully saturated rings. The molecule has 0 aliphatic heterocycles. The Labute approximate surface area is 186 Å². The van der Waals surface area contributed by atoms with Gasteiger partial charge in [-0.2, -0.15) is 0 Å². The first kappa shape index (κ1) is 21.9. The zero-order valence-electron chi connectivity index (χ0n) is 17.0. The van der Waals surface area contributed by atoms with Gasteiger partial charge in [-0.15, -0.1) is 23.1 Å². The first-order chi connectivity index (χ1) is 14.9. The number of anilines is 2. The van der Waals surface area contributed by atoms with Gasteiger partial charge in [0.2, 0.25) is 0 Å². The minimum atomic E-state index is -0.699. The summed E-state index contributed by atoms with van der Waals surface area (Å²) >= 11 is 2.70. The number of nitrogens with one attached hydrogen (secondary N) is 1. The molecule has 0 spiro atoms. The number of aliphatic hydroxyl groups is 2. The summed E-state index contributed by atoms with van der Waals surface area (Å²) in [6.07, 6.45) is 1.08. The van der Waals surface area contributed by atoms with Crippen LogP contribution >= 0.6 is 23.1 Å². The van der Waals surface area contributed by atoms with Crippen LogP contribution in [0.3, 0.4) is 0 Å². The van der Waals surface area contributed by atoms with E-state index in [4.69, 9.17) is 4.74 Å². The van der Waals surface area contributed by atoms with Crippen LogP contribution in [-0.2, 0) is 4.74 Å². The molecule has 10 heteroatoms. The molecule has 0 radical (unpaired) electrons. The molecule has 7 nitrogen and oxygen atoms in total. The summed E-state index contributed by atoms with van der Waals surface area (Å²) in [7, 11) is 1.33. The molecule has 0 amide bonds. The Hall–Kier alpha value is -2.27. The summed E-state index contributed by atoms with van der Waals surface area (Å²) in [5, 5.41) is 23.5. The molecule has 2 heterocycles. The number of fused-ring (bicyclic) bond motifs is 1. The van der Waals surface area contributed by atoms with Crippen LogP contribution in [-0.4, -0.2) is 51.2 Å². The highest BCUT2D eigenvalue weighted by Crippen LogP contribution is 2.38. The Morgan fingerprint density at radius 3 is 2.77 bits per heavy atom. The monoisotopic (exact) mass is 463 g/mol. The number of hydrogen-bond donors (Lipinski definition) is 3. The number of hydrogen-bond acceptors (Lipinski definition) is 9. The first-order valence-corrected chi connectivity index (χ1v) is 11.6. The molecule has 1 saturated carbocycles. The van der Waals surface area contributed by atoms with E-state index in [1.807, 2.05) is 6.92 Å². The molecule has 164 valence electrons. The van der Waals surface area contributed by atoms with Crippen LogP contribution in [0.5, 0.6) is 0 Å². The molecule has 0 unspecified atom stereocenters. The van der Waals surface area contributed by atoms with Crippen LogP contribution in [0.1, 0.15) is 28.1 Å². The van der Waals surface area contributed by atoms with Crippen LogP contribution in [0.15, 0.2) is 29.4 Å². The summed E-state index contributed by atoms with van der Waals surface area (Å²) in [6, 6.07) is 4.47. The second-order valence-corrected chi connectivity index (χ2v) is 9.56. The van der Waals surface area contributed by atoms with Gasteiger partial charge in [-0.3, -0.25) is 0 Å². The van der Waals surface area contributed by atoms with Crippen molar-refractivity contribution in [3.63, 3.8) is 0 Å². The van der Waals surface area contributed by atoms with Crippen molar-refractivity contribution < 1.29 is 24.1 Å². The lowest BCUT2D eigenvalue weighted by Crippen LogP contribution is -2.17. The average molecular weight is 464 g/mol. The maximum Gasteiger partial charge on any atom is 0.348 e. The maximum absolute atomic E-state index is 14.0. The summed E-state index contributed by atoms with van der Waals surface area (Å²) in [5.74, 6) is 0.542. The Morgan fingerprint density at radius 1 is 1.32 bits per heavy atom. The molecule has 4 rings (SSSR count). The van der Waals surface area contributed by atoms with Gasteiger partial charge < -0.3 is 20.3 Å². The van der Waals surface area contributed by atoms with E-state index in [0.29, 0.717) is 44.7 Å². The predicted octanol–water partition coefficient (Wildman–Crippen LogP) is 3.89. The highest BCUT2D eigenvalue weighted by molar-refractivity contribution is 7.99. The van der Waals surface area contributed by atoms with E-state index in [9.17, 15) is 19.4 Å². The molecule has 1 aromatic carbocycles. The van der Waals surface area contributed by atoms with E-state index >= 15 is 0 Å². The molecular weight excluding hydrogens is 441 g/mol. The Kier molecular flexibility index (Phi) is 6.42. The predicted molar refractivity (Wildman–Crippen MR) is 119 cm³/mol. The van der Waals surface area contributed by atoms with Gasteiger partial charge in [-0.05, 0) is 49.4 Å². The number of aryl methyl sites for hydroxylation is 1. The number of carbonyl (C=O) groups is 1. The van der Waals surface area contributed by atoms with Crippen molar-refractivity contribution in [2.24, 2.45) is 5.92 Å². The fraction of sp³-hybridized carbons (Fsp3) is 0.381. The fourth-order valence-corrected chi connectivity index (χ4v) is 5.96. The van der Waals surface area contributed by atoms with Crippen molar-refractivity contribution >= 4 is 50.8 Å². The number of esters is 1. The molecule has 0 saturated heterocycles. The van der Waals surface area contributed by atoms with E-state index in [0.717, 1.165) is 10.9 Å². The molecule has 31 heavy (non-hydrogen) atoms. The Bertz CT molecular complexity index is 1110. The molecule has 2 atom stereocenters. The van der Waals surface area contributed by atoms with Crippen LogP contribution in [0, 0.1) is 18.7 Å². The average Bonchev–Trinajstić information content (AvgIpc) is 3.26. The van der Waals surface area contributed by atoms with Crippen molar-refractivity contribution in [3.05, 3.63) is 40.8 Å². The van der Waals surface area contributed by atoms with Crippen LogP contribution in [0.4, 0.5) is 15.9 Å². The van der Waals surface area contributed by atoms with Gasteiger partial charge in [0, 0.05) is 10.6 Å². The maximum atomic E-state index is 14.0. The molecule has 1 aliphatic carbocycles. The van der Waals surface area contributed by atoms with Crippen molar-refractivity contribution in [1.29, 1.82) is 0 Å².